The minimum Gasteiger partial charge on any atom is -0.351 e. The lowest BCUT2D eigenvalue weighted by atomic mass is 10.0. The highest BCUT2D eigenvalue weighted by molar-refractivity contribution is 7.15. The predicted octanol–water partition coefficient (Wildman–Crippen LogP) is 1.95. The first-order chi connectivity index (χ1) is 13.6. The van der Waals surface area contributed by atoms with Gasteiger partial charge < -0.3 is 10.2 Å². The molecule has 1 saturated carbocycles. The second kappa shape index (κ2) is 6.73. The van der Waals surface area contributed by atoms with E-state index in [1.54, 1.807) is 11.1 Å². The van der Waals surface area contributed by atoms with Crippen molar-refractivity contribution in [2.75, 3.05) is 13.1 Å². The molecule has 0 bridgehead atoms. The molecule has 0 saturated heterocycles. The monoisotopic (exact) mass is 398 g/mol. The third-order valence-electron chi connectivity index (χ3n) is 5.41. The first-order valence-electron chi connectivity index (χ1n) is 9.72. The highest BCUT2D eigenvalue weighted by Gasteiger charge is 2.33. The minimum atomic E-state index is -0.162. The molecule has 5 rings (SSSR count). The Morgan fingerprint density at radius 1 is 1.36 bits per heavy atom. The standard InChI is InChI=1S/C19H22N6O2S/c1-2-20-17(26)16-13-10-23(6-5-15(13)25(22-16)9-12-3-4-12)18(27)14-11-24-7-8-28-19(24)21-14/h7-8,11-12H,2-6,9-10H2,1H3,(H,20,26). The lowest BCUT2D eigenvalue weighted by Crippen LogP contribution is -2.37. The topological polar surface area (TPSA) is 84.5 Å². The van der Waals surface area contributed by atoms with E-state index in [0.717, 1.165) is 22.8 Å². The SMILES string of the molecule is CCNC(=O)c1nn(CC2CC2)c2c1CN(C(=O)c1cn3ccsc3n1)CC2. The van der Waals surface area contributed by atoms with Crippen molar-refractivity contribution in [2.45, 2.75) is 39.3 Å². The molecule has 3 aromatic rings. The molecule has 0 radical (unpaired) electrons. The Kier molecular flexibility index (Phi) is 4.19. The van der Waals surface area contributed by atoms with E-state index < -0.39 is 0 Å². The summed E-state index contributed by atoms with van der Waals surface area (Å²) in [5, 5.41) is 9.42. The van der Waals surface area contributed by atoms with Crippen LogP contribution in [0.1, 0.15) is 52.0 Å². The van der Waals surface area contributed by atoms with Crippen molar-refractivity contribution in [1.82, 2.24) is 29.4 Å². The number of nitrogens with one attached hydrogen (secondary N) is 1. The van der Waals surface area contributed by atoms with Gasteiger partial charge in [0.2, 0.25) is 0 Å². The summed E-state index contributed by atoms with van der Waals surface area (Å²) in [6.45, 7) is 4.33. The fraction of sp³-hybridized carbons (Fsp3) is 0.474. The van der Waals surface area contributed by atoms with E-state index in [1.165, 1.54) is 24.2 Å². The molecular weight excluding hydrogens is 376 g/mol. The third kappa shape index (κ3) is 2.99. The van der Waals surface area contributed by atoms with E-state index in [4.69, 9.17) is 0 Å². The predicted molar refractivity (Wildman–Crippen MR) is 104 cm³/mol. The van der Waals surface area contributed by atoms with Crippen molar-refractivity contribution in [3.8, 4) is 0 Å². The maximum absolute atomic E-state index is 13.0. The summed E-state index contributed by atoms with van der Waals surface area (Å²) in [4.78, 5) is 32.6. The van der Waals surface area contributed by atoms with Gasteiger partial charge in [0.1, 0.15) is 5.69 Å². The largest absolute Gasteiger partial charge is 0.351 e. The van der Waals surface area contributed by atoms with Gasteiger partial charge in [0.15, 0.2) is 10.7 Å². The normalized spacial score (nSPS) is 16.4. The summed E-state index contributed by atoms with van der Waals surface area (Å²) in [5.74, 6) is 0.410. The van der Waals surface area contributed by atoms with Crippen LogP contribution in [-0.2, 0) is 19.5 Å². The van der Waals surface area contributed by atoms with Gasteiger partial charge in [-0.2, -0.15) is 5.10 Å². The maximum Gasteiger partial charge on any atom is 0.274 e. The molecule has 0 aromatic carbocycles. The zero-order valence-electron chi connectivity index (χ0n) is 15.7. The van der Waals surface area contributed by atoms with Crippen LogP contribution in [0, 0.1) is 5.92 Å². The Morgan fingerprint density at radius 3 is 2.96 bits per heavy atom. The molecule has 4 heterocycles. The van der Waals surface area contributed by atoms with Crippen LogP contribution in [0.5, 0.6) is 0 Å². The maximum atomic E-state index is 13.0. The van der Waals surface area contributed by atoms with Crippen LogP contribution in [0.15, 0.2) is 17.8 Å². The van der Waals surface area contributed by atoms with Crippen molar-refractivity contribution in [1.29, 1.82) is 0 Å². The quantitative estimate of drug-likeness (QED) is 0.712. The minimum absolute atomic E-state index is 0.0988. The molecule has 0 spiro atoms. The van der Waals surface area contributed by atoms with Crippen molar-refractivity contribution in [2.24, 2.45) is 5.92 Å². The Labute approximate surface area is 166 Å². The first kappa shape index (κ1) is 17.4. The van der Waals surface area contributed by atoms with E-state index in [-0.39, 0.29) is 11.8 Å². The number of imidazole rings is 1. The van der Waals surface area contributed by atoms with Crippen molar-refractivity contribution >= 4 is 28.1 Å². The van der Waals surface area contributed by atoms with Gasteiger partial charge in [-0.25, -0.2) is 4.98 Å². The average Bonchev–Trinajstić information content (AvgIpc) is 3.09. The molecule has 28 heavy (non-hydrogen) atoms. The number of hydrogen-bond donors (Lipinski definition) is 1. The van der Waals surface area contributed by atoms with Crippen molar-refractivity contribution in [3.05, 3.63) is 40.4 Å². The molecule has 1 fully saturated rings. The molecule has 8 nitrogen and oxygen atoms in total. The van der Waals surface area contributed by atoms with Crippen LogP contribution in [0.3, 0.4) is 0 Å². The van der Waals surface area contributed by atoms with Crippen LogP contribution >= 0.6 is 11.3 Å². The second-order valence-electron chi connectivity index (χ2n) is 7.45. The Balaban J connectivity index is 1.44. The number of thiazole rings is 1. The summed E-state index contributed by atoms with van der Waals surface area (Å²) in [7, 11) is 0. The Hall–Kier alpha value is -2.68. The van der Waals surface area contributed by atoms with Crippen LogP contribution < -0.4 is 5.32 Å². The molecule has 3 aromatic heterocycles. The number of nitrogens with zero attached hydrogens (tertiary/aromatic N) is 5. The molecule has 2 aliphatic rings. The van der Waals surface area contributed by atoms with Gasteiger partial charge in [-0.15, -0.1) is 11.3 Å². The van der Waals surface area contributed by atoms with E-state index in [2.05, 4.69) is 15.4 Å². The number of fused-ring (bicyclic) bond motifs is 2. The van der Waals surface area contributed by atoms with Crippen molar-refractivity contribution < 1.29 is 9.59 Å². The van der Waals surface area contributed by atoms with E-state index in [0.29, 0.717) is 43.4 Å². The Morgan fingerprint density at radius 2 is 2.21 bits per heavy atom. The van der Waals surface area contributed by atoms with E-state index in [9.17, 15) is 9.59 Å². The van der Waals surface area contributed by atoms with Gasteiger partial charge in [-0.3, -0.25) is 18.7 Å². The first-order valence-corrected chi connectivity index (χ1v) is 10.6. The smallest absolute Gasteiger partial charge is 0.274 e. The zero-order valence-corrected chi connectivity index (χ0v) is 16.5. The molecule has 0 unspecified atom stereocenters. The zero-order chi connectivity index (χ0) is 19.3. The third-order valence-corrected chi connectivity index (χ3v) is 6.18. The van der Waals surface area contributed by atoms with Gasteiger partial charge in [0.25, 0.3) is 11.8 Å². The summed E-state index contributed by atoms with van der Waals surface area (Å²) in [6, 6.07) is 0. The van der Waals surface area contributed by atoms with Gasteiger partial charge in [0, 0.05) is 55.1 Å². The van der Waals surface area contributed by atoms with Crippen LogP contribution in [0.25, 0.3) is 4.96 Å². The van der Waals surface area contributed by atoms with Gasteiger partial charge in [0.05, 0.1) is 6.54 Å². The van der Waals surface area contributed by atoms with Gasteiger partial charge in [-0.1, -0.05) is 0 Å². The fourth-order valence-electron chi connectivity index (χ4n) is 3.78. The number of amides is 2. The second-order valence-corrected chi connectivity index (χ2v) is 8.33. The molecule has 146 valence electrons. The number of rotatable bonds is 5. The summed E-state index contributed by atoms with van der Waals surface area (Å²) < 4.78 is 3.87. The number of aromatic nitrogens is 4. The molecular formula is C19H22N6O2S. The van der Waals surface area contributed by atoms with Gasteiger partial charge in [-0.05, 0) is 25.7 Å². The number of carbonyl (C=O) groups excluding carboxylic acids is 2. The van der Waals surface area contributed by atoms with Crippen LogP contribution in [0.2, 0.25) is 0 Å². The molecule has 2 amide bonds. The van der Waals surface area contributed by atoms with Crippen LogP contribution in [-0.4, -0.2) is 49.0 Å². The summed E-state index contributed by atoms with van der Waals surface area (Å²) in [5.41, 5.74) is 2.89. The number of hydrogen-bond acceptors (Lipinski definition) is 5. The fourth-order valence-corrected chi connectivity index (χ4v) is 4.48. The lowest BCUT2D eigenvalue weighted by Gasteiger charge is -2.27. The molecule has 1 N–H and O–H groups in total. The highest BCUT2D eigenvalue weighted by Crippen LogP contribution is 2.33. The van der Waals surface area contributed by atoms with E-state index in [1.807, 2.05) is 27.6 Å². The van der Waals surface area contributed by atoms with E-state index >= 15 is 0 Å². The molecule has 9 heteroatoms. The lowest BCUT2D eigenvalue weighted by molar-refractivity contribution is 0.0725. The summed E-state index contributed by atoms with van der Waals surface area (Å²) in [6.07, 6.45) is 6.83. The Bertz CT molecular complexity index is 1030. The average molecular weight is 398 g/mol. The molecule has 1 aliphatic carbocycles. The highest BCUT2D eigenvalue weighted by atomic mass is 32.1. The molecule has 1 aliphatic heterocycles. The number of carbonyl (C=O) groups is 2. The van der Waals surface area contributed by atoms with Crippen LogP contribution in [0.4, 0.5) is 0 Å². The summed E-state index contributed by atoms with van der Waals surface area (Å²) >= 11 is 1.50. The molecule has 0 atom stereocenters. The van der Waals surface area contributed by atoms with Crippen molar-refractivity contribution in [3.63, 3.8) is 0 Å². The van der Waals surface area contributed by atoms with Gasteiger partial charge >= 0.3 is 0 Å².